The van der Waals surface area contributed by atoms with Crippen molar-refractivity contribution in [3.63, 3.8) is 0 Å². The molecule has 0 bridgehead atoms. The number of halogens is 4. The van der Waals surface area contributed by atoms with Crippen LogP contribution in [0.4, 0.5) is 13.2 Å². The maximum Gasteiger partial charge on any atom is 0.433 e. The van der Waals surface area contributed by atoms with Gasteiger partial charge in [0.15, 0.2) is 0 Å². The van der Waals surface area contributed by atoms with E-state index in [1.54, 1.807) is 6.08 Å². The summed E-state index contributed by atoms with van der Waals surface area (Å²) in [6, 6.07) is 2.31. The Morgan fingerprint density at radius 2 is 2.06 bits per heavy atom. The van der Waals surface area contributed by atoms with E-state index in [2.05, 4.69) is 4.98 Å². The molecule has 0 unspecified atom stereocenters. The molecule has 1 aromatic heterocycles. The van der Waals surface area contributed by atoms with Crippen molar-refractivity contribution in [1.29, 1.82) is 0 Å². The van der Waals surface area contributed by atoms with Crippen LogP contribution in [0.2, 0.25) is 5.15 Å². The zero-order valence-electron chi connectivity index (χ0n) is 8.26. The van der Waals surface area contributed by atoms with Crippen molar-refractivity contribution >= 4 is 17.7 Å². The van der Waals surface area contributed by atoms with Gasteiger partial charge in [-0.05, 0) is 30.7 Å². The quantitative estimate of drug-likeness (QED) is 0.837. The summed E-state index contributed by atoms with van der Waals surface area (Å²) in [5, 5.41) is -0.178. The monoisotopic (exact) mass is 250 g/mol. The van der Waals surface area contributed by atoms with E-state index in [0.717, 1.165) is 6.07 Å². The van der Waals surface area contributed by atoms with E-state index >= 15 is 0 Å². The molecule has 88 valence electrons. The highest BCUT2D eigenvalue weighted by molar-refractivity contribution is 6.29. The first-order chi connectivity index (χ1) is 7.43. The van der Waals surface area contributed by atoms with Crippen molar-refractivity contribution in [2.24, 2.45) is 5.73 Å². The number of alkyl halides is 3. The van der Waals surface area contributed by atoms with Crippen molar-refractivity contribution < 1.29 is 13.2 Å². The fraction of sp³-hybridized carbons (Fsp3) is 0.300. The van der Waals surface area contributed by atoms with Crippen LogP contribution in [0.3, 0.4) is 0 Å². The Kier molecular flexibility index (Phi) is 4.32. The summed E-state index contributed by atoms with van der Waals surface area (Å²) in [5.41, 5.74) is 4.62. The van der Waals surface area contributed by atoms with Crippen molar-refractivity contribution in [3.8, 4) is 0 Å². The van der Waals surface area contributed by atoms with E-state index < -0.39 is 11.9 Å². The largest absolute Gasteiger partial charge is 0.433 e. The molecule has 6 heteroatoms. The van der Waals surface area contributed by atoms with Crippen LogP contribution in [-0.2, 0) is 6.18 Å². The van der Waals surface area contributed by atoms with Gasteiger partial charge in [0.2, 0.25) is 0 Å². The van der Waals surface area contributed by atoms with Crippen molar-refractivity contribution in [1.82, 2.24) is 4.98 Å². The molecule has 0 aliphatic heterocycles. The van der Waals surface area contributed by atoms with Gasteiger partial charge in [0.1, 0.15) is 10.8 Å². The molecular formula is C10H10ClF3N2. The molecule has 0 spiro atoms. The summed E-state index contributed by atoms with van der Waals surface area (Å²) in [4.78, 5) is 3.22. The number of hydrogen-bond donors (Lipinski definition) is 1. The summed E-state index contributed by atoms with van der Waals surface area (Å²) in [6.45, 7) is 0.446. The molecule has 0 aliphatic carbocycles. The van der Waals surface area contributed by atoms with Gasteiger partial charge < -0.3 is 5.73 Å². The van der Waals surface area contributed by atoms with Gasteiger partial charge in [0, 0.05) is 0 Å². The third kappa shape index (κ3) is 3.83. The predicted molar refractivity (Wildman–Crippen MR) is 57.0 cm³/mol. The van der Waals surface area contributed by atoms with Crippen LogP contribution >= 0.6 is 11.6 Å². The van der Waals surface area contributed by atoms with Crippen LogP contribution in [0.1, 0.15) is 17.7 Å². The van der Waals surface area contributed by atoms with E-state index in [1.807, 2.05) is 0 Å². The van der Waals surface area contributed by atoms with Gasteiger partial charge in [0.25, 0.3) is 0 Å². The lowest BCUT2D eigenvalue weighted by atomic mass is 10.2. The van der Waals surface area contributed by atoms with Gasteiger partial charge >= 0.3 is 6.18 Å². The van der Waals surface area contributed by atoms with Gasteiger partial charge in [0.05, 0.1) is 0 Å². The molecule has 0 amide bonds. The lowest BCUT2D eigenvalue weighted by Crippen LogP contribution is -2.08. The molecule has 0 aromatic carbocycles. The highest BCUT2D eigenvalue weighted by Gasteiger charge is 2.32. The van der Waals surface area contributed by atoms with Gasteiger partial charge in [-0.25, -0.2) is 4.98 Å². The van der Waals surface area contributed by atoms with Crippen LogP contribution in [0.25, 0.3) is 6.08 Å². The number of rotatable bonds is 3. The van der Waals surface area contributed by atoms with Crippen molar-refractivity contribution in [2.75, 3.05) is 6.54 Å². The Bertz CT molecular complexity index is 388. The van der Waals surface area contributed by atoms with Crippen LogP contribution < -0.4 is 5.73 Å². The number of pyridine rings is 1. The molecule has 1 aromatic rings. The molecule has 2 nitrogen and oxygen atoms in total. The van der Waals surface area contributed by atoms with Crippen LogP contribution in [-0.4, -0.2) is 11.5 Å². The molecule has 16 heavy (non-hydrogen) atoms. The standard InChI is InChI=1S/C10H10ClF3N2/c11-9-6-7(3-1-2-4-15)5-8(16-9)10(12,13)14/h1,3,5-6H,2,4,15H2. The molecule has 1 rings (SSSR count). The smallest absolute Gasteiger partial charge is 0.330 e. The molecule has 1 heterocycles. The third-order valence-corrected chi connectivity index (χ3v) is 1.94. The minimum atomic E-state index is -4.48. The second kappa shape index (κ2) is 5.32. The summed E-state index contributed by atoms with van der Waals surface area (Å²) in [6.07, 6.45) is -0.663. The number of aromatic nitrogens is 1. The van der Waals surface area contributed by atoms with E-state index in [4.69, 9.17) is 17.3 Å². The predicted octanol–water partition coefficient (Wildman–Crippen LogP) is 3.12. The Hall–Kier alpha value is -1.07. The number of nitrogens with zero attached hydrogens (tertiary/aromatic N) is 1. The SMILES string of the molecule is NCCC=Cc1cc(Cl)nc(C(F)(F)F)c1. The van der Waals surface area contributed by atoms with E-state index in [1.165, 1.54) is 12.1 Å². The molecule has 2 N–H and O–H groups in total. The molecule has 0 radical (unpaired) electrons. The first-order valence-electron chi connectivity index (χ1n) is 4.55. The summed E-state index contributed by atoms with van der Waals surface area (Å²) >= 11 is 5.50. The zero-order chi connectivity index (χ0) is 12.2. The third-order valence-electron chi connectivity index (χ3n) is 1.75. The topological polar surface area (TPSA) is 38.9 Å². The Morgan fingerprint density at radius 3 is 2.62 bits per heavy atom. The lowest BCUT2D eigenvalue weighted by Gasteiger charge is -2.06. The van der Waals surface area contributed by atoms with E-state index in [0.29, 0.717) is 18.5 Å². The Morgan fingerprint density at radius 1 is 1.38 bits per heavy atom. The first kappa shape index (κ1) is 13.0. The highest BCUT2D eigenvalue weighted by atomic mass is 35.5. The fourth-order valence-electron chi connectivity index (χ4n) is 1.07. The van der Waals surface area contributed by atoms with Gasteiger partial charge in [-0.2, -0.15) is 13.2 Å². The summed E-state index contributed by atoms with van der Waals surface area (Å²) < 4.78 is 37.1. The molecule has 0 saturated carbocycles. The van der Waals surface area contributed by atoms with E-state index in [9.17, 15) is 13.2 Å². The molecule has 0 saturated heterocycles. The normalized spacial score (nSPS) is 12.3. The average Bonchev–Trinajstić information content (AvgIpc) is 2.16. The minimum Gasteiger partial charge on any atom is -0.330 e. The van der Waals surface area contributed by atoms with Gasteiger partial charge in [-0.3, -0.25) is 0 Å². The van der Waals surface area contributed by atoms with Crippen molar-refractivity contribution in [2.45, 2.75) is 12.6 Å². The minimum absolute atomic E-state index is 0.178. The maximum absolute atomic E-state index is 12.4. The zero-order valence-corrected chi connectivity index (χ0v) is 9.02. The number of nitrogens with two attached hydrogens (primary N) is 1. The second-order valence-electron chi connectivity index (χ2n) is 3.09. The Labute approximate surface area is 95.9 Å². The van der Waals surface area contributed by atoms with E-state index in [-0.39, 0.29) is 5.15 Å². The van der Waals surface area contributed by atoms with Crippen LogP contribution in [0, 0.1) is 0 Å². The Balaban J connectivity index is 2.99. The first-order valence-corrected chi connectivity index (χ1v) is 4.92. The highest BCUT2D eigenvalue weighted by Crippen LogP contribution is 2.29. The van der Waals surface area contributed by atoms with Gasteiger partial charge in [-0.15, -0.1) is 0 Å². The molecular weight excluding hydrogens is 241 g/mol. The lowest BCUT2D eigenvalue weighted by molar-refractivity contribution is -0.141. The summed E-state index contributed by atoms with van der Waals surface area (Å²) in [5.74, 6) is 0. The van der Waals surface area contributed by atoms with Crippen LogP contribution in [0.15, 0.2) is 18.2 Å². The van der Waals surface area contributed by atoms with Crippen molar-refractivity contribution in [3.05, 3.63) is 34.6 Å². The second-order valence-corrected chi connectivity index (χ2v) is 3.47. The fourth-order valence-corrected chi connectivity index (χ4v) is 1.29. The average molecular weight is 251 g/mol. The van der Waals surface area contributed by atoms with Gasteiger partial charge in [-0.1, -0.05) is 23.8 Å². The summed E-state index contributed by atoms with van der Waals surface area (Å²) in [7, 11) is 0. The van der Waals surface area contributed by atoms with Crippen LogP contribution in [0.5, 0.6) is 0 Å². The number of hydrogen-bond acceptors (Lipinski definition) is 2. The maximum atomic E-state index is 12.4. The molecule has 0 fully saturated rings. The molecule has 0 aliphatic rings. The molecule has 0 atom stereocenters.